The predicted molar refractivity (Wildman–Crippen MR) is 114 cm³/mol. The maximum atomic E-state index is 12.6. The molecule has 1 aliphatic heterocycles. The molecule has 9 nitrogen and oxygen atoms in total. The average molecular weight is 412 g/mol. The minimum absolute atomic E-state index is 0.0559. The fraction of sp³-hybridized carbons (Fsp3) is 0.524. The van der Waals surface area contributed by atoms with Crippen molar-refractivity contribution >= 4 is 17.4 Å². The molecule has 3 aromatic heterocycles. The number of nitrogens with zero attached hydrogens (tertiary/aromatic N) is 7. The van der Waals surface area contributed by atoms with Gasteiger partial charge in [-0.15, -0.1) is 0 Å². The zero-order valence-electron chi connectivity index (χ0n) is 18.2. The van der Waals surface area contributed by atoms with Crippen LogP contribution in [0.25, 0.3) is 16.8 Å². The summed E-state index contributed by atoms with van der Waals surface area (Å²) in [7, 11) is 3.70. The molecule has 0 N–H and O–H groups in total. The molecule has 9 heteroatoms. The Morgan fingerprint density at radius 2 is 2.07 bits per heavy atom. The van der Waals surface area contributed by atoms with E-state index in [1.165, 1.54) is 0 Å². The van der Waals surface area contributed by atoms with Crippen LogP contribution < -0.4 is 4.90 Å². The van der Waals surface area contributed by atoms with Gasteiger partial charge in [0, 0.05) is 38.9 Å². The van der Waals surface area contributed by atoms with E-state index in [4.69, 9.17) is 9.72 Å². The van der Waals surface area contributed by atoms with Gasteiger partial charge < -0.3 is 14.5 Å². The molecule has 0 aliphatic carbocycles. The fourth-order valence-electron chi connectivity index (χ4n) is 3.78. The van der Waals surface area contributed by atoms with Gasteiger partial charge in [-0.25, -0.2) is 14.3 Å². The standard InChI is InChI=1S/C21H29N7O2/c1-21(2,3)30-20(29)26(5)16-7-6-10-27(13-16)19-18-8-9-22-28(18)14-17(24-19)15-11-23-25(4)12-15/h8-9,11-12,14,16H,6-7,10,13H2,1-5H3. The number of carbonyl (C=O) groups excluding carboxylic acids is 1. The first-order valence-corrected chi connectivity index (χ1v) is 10.3. The molecule has 4 rings (SSSR count). The molecule has 1 amide bonds. The van der Waals surface area contributed by atoms with Crippen molar-refractivity contribution < 1.29 is 9.53 Å². The second-order valence-electron chi connectivity index (χ2n) is 8.85. The second kappa shape index (κ2) is 7.62. The highest BCUT2D eigenvalue weighted by Gasteiger charge is 2.30. The topological polar surface area (TPSA) is 80.8 Å². The maximum Gasteiger partial charge on any atom is 0.410 e. The summed E-state index contributed by atoms with van der Waals surface area (Å²) in [6.07, 6.45) is 9.06. The van der Waals surface area contributed by atoms with Crippen molar-refractivity contribution in [1.29, 1.82) is 0 Å². The molecule has 0 bridgehead atoms. The van der Waals surface area contributed by atoms with Crippen molar-refractivity contribution in [2.24, 2.45) is 7.05 Å². The highest BCUT2D eigenvalue weighted by Crippen LogP contribution is 2.28. The molecule has 0 spiro atoms. The molecule has 0 saturated carbocycles. The highest BCUT2D eigenvalue weighted by atomic mass is 16.6. The van der Waals surface area contributed by atoms with E-state index >= 15 is 0 Å². The minimum atomic E-state index is -0.511. The van der Waals surface area contributed by atoms with E-state index < -0.39 is 5.60 Å². The molecule has 1 unspecified atom stereocenters. The van der Waals surface area contributed by atoms with Crippen LogP contribution in [0.5, 0.6) is 0 Å². The molecule has 1 atom stereocenters. The van der Waals surface area contributed by atoms with Gasteiger partial charge >= 0.3 is 6.09 Å². The maximum absolute atomic E-state index is 12.6. The minimum Gasteiger partial charge on any atom is -0.444 e. The van der Waals surface area contributed by atoms with Gasteiger partial charge in [-0.1, -0.05) is 0 Å². The summed E-state index contributed by atoms with van der Waals surface area (Å²) in [5.74, 6) is 0.871. The highest BCUT2D eigenvalue weighted by molar-refractivity contribution is 5.73. The molecule has 4 heterocycles. The normalized spacial score (nSPS) is 17.4. The molecule has 160 valence electrons. The Kier molecular flexibility index (Phi) is 5.13. The molecule has 1 aliphatic rings. The number of likely N-dealkylation sites (N-methyl/N-ethyl adjacent to an activating group) is 1. The van der Waals surface area contributed by atoms with Crippen molar-refractivity contribution in [3.63, 3.8) is 0 Å². The lowest BCUT2D eigenvalue weighted by Crippen LogP contribution is -2.50. The van der Waals surface area contributed by atoms with Gasteiger partial charge in [0.1, 0.15) is 11.1 Å². The summed E-state index contributed by atoms with van der Waals surface area (Å²) in [6.45, 7) is 7.23. The smallest absolute Gasteiger partial charge is 0.410 e. The number of carbonyl (C=O) groups is 1. The number of hydrogen-bond acceptors (Lipinski definition) is 6. The lowest BCUT2D eigenvalue weighted by Gasteiger charge is -2.38. The van der Waals surface area contributed by atoms with E-state index in [9.17, 15) is 4.79 Å². The number of amides is 1. The first kappa shape index (κ1) is 20.2. The van der Waals surface area contributed by atoms with Crippen LogP contribution in [0.1, 0.15) is 33.6 Å². The molecule has 1 saturated heterocycles. The van der Waals surface area contributed by atoms with Gasteiger partial charge in [-0.3, -0.25) is 4.68 Å². The first-order chi connectivity index (χ1) is 14.2. The SMILES string of the molecule is CN(C(=O)OC(C)(C)C)C1CCCN(c2nc(-c3cnn(C)c3)cn3nccc23)C1. The number of aryl methyl sites for hydroxylation is 1. The Labute approximate surface area is 176 Å². The number of aromatic nitrogens is 5. The van der Waals surface area contributed by atoms with Gasteiger partial charge in [0.25, 0.3) is 0 Å². The number of rotatable bonds is 3. The number of anilines is 1. The zero-order chi connectivity index (χ0) is 21.5. The molecule has 30 heavy (non-hydrogen) atoms. The third kappa shape index (κ3) is 4.10. The third-order valence-corrected chi connectivity index (χ3v) is 5.30. The van der Waals surface area contributed by atoms with Crippen LogP contribution in [-0.2, 0) is 11.8 Å². The summed E-state index contributed by atoms with van der Waals surface area (Å²) in [5.41, 5.74) is 2.19. The van der Waals surface area contributed by atoms with E-state index in [-0.39, 0.29) is 12.1 Å². The van der Waals surface area contributed by atoms with Gasteiger partial charge in [-0.2, -0.15) is 10.2 Å². The number of hydrogen-bond donors (Lipinski definition) is 0. The van der Waals surface area contributed by atoms with Crippen molar-refractivity contribution in [3.05, 3.63) is 30.9 Å². The quantitative estimate of drug-likeness (QED) is 0.659. The Balaban J connectivity index is 1.62. The van der Waals surface area contributed by atoms with Gasteiger partial charge in [-0.05, 0) is 39.7 Å². The lowest BCUT2D eigenvalue weighted by atomic mass is 10.0. The fourth-order valence-corrected chi connectivity index (χ4v) is 3.78. The Bertz CT molecular complexity index is 1050. The predicted octanol–water partition coefficient (Wildman–Crippen LogP) is 2.97. The Morgan fingerprint density at radius 3 is 2.77 bits per heavy atom. The Morgan fingerprint density at radius 1 is 1.27 bits per heavy atom. The lowest BCUT2D eigenvalue weighted by molar-refractivity contribution is 0.0209. The van der Waals surface area contributed by atoms with Gasteiger partial charge in [0.2, 0.25) is 0 Å². The monoisotopic (exact) mass is 411 g/mol. The van der Waals surface area contributed by atoms with E-state index in [2.05, 4.69) is 15.1 Å². The van der Waals surface area contributed by atoms with Crippen LogP contribution in [0, 0.1) is 0 Å². The number of fused-ring (bicyclic) bond motifs is 1. The summed E-state index contributed by atoms with van der Waals surface area (Å²) in [5, 5.41) is 8.69. The van der Waals surface area contributed by atoms with E-state index in [1.54, 1.807) is 22.0 Å². The summed E-state index contributed by atoms with van der Waals surface area (Å²) >= 11 is 0. The van der Waals surface area contributed by atoms with Crippen molar-refractivity contribution in [2.75, 3.05) is 25.0 Å². The van der Waals surface area contributed by atoms with Crippen LogP contribution in [0.2, 0.25) is 0 Å². The van der Waals surface area contributed by atoms with Gasteiger partial charge in [0.15, 0.2) is 5.82 Å². The summed E-state index contributed by atoms with van der Waals surface area (Å²) < 4.78 is 9.17. The van der Waals surface area contributed by atoms with E-state index in [0.29, 0.717) is 6.54 Å². The molecular weight excluding hydrogens is 382 g/mol. The molecule has 0 radical (unpaired) electrons. The van der Waals surface area contributed by atoms with Crippen LogP contribution >= 0.6 is 0 Å². The van der Waals surface area contributed by atoms with Crippen molar-refractivity contribution in [1.82, 2.24) is 29.3 Å². The van der Waals surface area contributed by atoms with Crippen LogP contribution in [0.15, 0.2) is 30.9 Å². The summed E-state index contributed by atoms with van der Waals surface area (Å²) in [6, 6.07) is 2.02. The van der Waals surface area contributed by atoms with Crippen LogP contribution in [0.3, 0.4) is 0 Å². The van der Waals surface area contributed by atoms with Gasteiger partial charge in [0.05, 0.1) is 30.3 Å². The molecular formula is C21H29N7O2. The first-order valence-electron chi connectivity index (χ1n) is 10.3. The third-order valence-electron chi connectivity index (χ3n) is 5.30. The number of ether oxygens (including phenoxy) is 1. The molecule has 0 aromatic carbocycles. The second-order valence-corrected chi connectivity index (χ2v) is 8.85. The van der Waals surface area contributed by atoms with Crippen LogP contribution in [0.4, 0.5) is 10.6 Å². The Hall–Kier alpha value is -3.10. The van der Waals surface area contributed by atoms with Crippen molar-refractivity contribution in [3.8, 4) is 11.3 Å². The van der Waals surface area contributed by atoms with Crippen LogP contribution in [-0.4, -0.2) is 67.2 Å². The largest absolute Gasteiger partial charge is 0.444 e. The molecule has 1 fully saturated rings. The zero-order valence-corrected chi connectivity index (χ0v) is 18.2. The van der Waals surface area contributed by atoms with E-state index in [0.717, 1.165) is 42.0 Å². The summed E-state index contributed by atoms with van der Waals surface area (Å²) in [4.78, 5) is 21.5. The van der Waals surface area contributed by atoms with E-state index in [1.807, 2.05) is 57.8 Å². The molecule has 3 aromatic rings. The van der Waals surface area contributed by atoms with Crippen molar-refractivity contribution in [2.45, 2.75) is 45.3 Å². The number of piperidine rings is 1. The average Bonchev–Trinajstić information content (AvgIpc) is 3.34.